The van der Waals surface area contributed by atoms with Crippen molar-refractivity contribution in [3.05, 3.63) is 17.1 Å². The maximum Gasteiger partial charge on any atom is 0.435 e. The van der Waals surface area contributed by atoms with E-state index >= 15 is 4.39 Å². The lowest BCUT2D eigenvalue weighted by atomic mass is 10.2. The Hall–Kier alpha value is -3.12. The predicted octanol–water partition coefficient (Wildman–Crippen LogP) is 4.40. The highest BCUT2D eigenvalue weighted by atomic mass is 19.1. The number of benzene rings is 1. The van der Waals surface area contributed by atoms with Crippen molar-refractivity contribution in [2.75, 3.05) is 17.2 Å². The molecule has 0 spiro atoms. The Balaban J connectivity index is 2.73. The van der Waals surface area contributed by atoms with Crippen LogP contribution in [0.2, 0.25) is 0 Å². The van der Waals surface area contributed by atoms with Gasteiger partial charge in [-0.05, 0) is 54.5 Å². The van der Waals surface area contributed by atoms with Gasteiger partial charge in [-0.1, -0.05) is 0 Å². The fourth-order valence-corrected chi connectivity index (χ4v) is 2.55. The second-order valence-corrected chi connectivity index (χ2v) is 8.51. The lowest BCUT2D eigenvalue weighted by Crippen LogP contribution is -2.29. The standard InChI is InChI=1S/C19H26FN4O7/c1-8-29-14-11(24(27)28)9-10-13(12(14)20)23(17(26)31-19(5,6)7)22-15(10)21-16(25)30-18(2,3)4/h9,27H,8H2,1-7H3,(H,21,22,25)/q-1. The zero-order valence-corrected chi connectivity index (χ0v) is 18.4. The molecule has 0 saturated heterocycles. The van der Waals surface area contributed by atoms with Gasteiger partial charge in [0.15, 0.2) is 17.4 Å². The molecule has 2 N–H and O–H groups in total. The minimum atomic E-state index is -1.15. The first-order valence-corrected chi connectivity index (χ1v) is 9.42. The Morgan fingerprint density at radius 1 is 1.23 bits per heavy atom. The Labute approximate surface area is 178 Å². The summed E-state index contributed by atoms with van der Waals surface area (Å²) in [5, 5.41) is 26.5. The fraction of sp³-hybridized carbons (Fsp3) is 0.526. The van der Waals surface area contributed by atoms with Crippen LogP contribution in [0.25, 0.3) is 10.9 Å². The number of nitrogens with zero attached hydrogens (tertiary/aromatic N) is 3. The molecular weight excluding hydrogens is 415 g/mol. The van der Waals surface area contributed by atoms with Crippen molar-refractivity contribution in [3.8, 4) is 5.75 Å². The highest BCUT2D eigenvalue weighted by Crippen LogP contribution is 2.39. The summed E-state index contributed by atoms with van der Waals surface area (Å²) in [6, 6.07) is 1.02. The Kier molecular flexibility index (Phi) is 6.66. The number of carbonyl (C=O) groups excluding carboxylic acids is 2. The number of nitrogens with one attached hydrogen (secondary N) is 1. The molecule has 172 valence electrons. The third-order valence-corrected chi connectivity index (χ3v) is 3.52. The van der Waals surface area contributed by atoms with Crippen LogP contribution < -0.4 is 15.3 Å². The number of hydrogen-bond donors (Lipinski definition) is 2. The Morgan fingerprint density at radius 3 is 2.29 bits per heavy atom. The van der Waals surface area contributed by atoms with Crippen LogP contribution in [0.4, 0.5) is 25.5 Å². The van der Waals surface area contributed by atoms with E-state index in [0.717, 1.165) is 6.07 Å². The number of fused-ring (bicyclic) bond motifs is 1. The van der Waals surface area contributed by atoms with Crippen LogP contribution in [0.5, 0.6) is 5.75 Å². The summed E-state index contributed by atoms with van der Waals surface area (Å²) in [4.78, 5) is 24.9. The van der Waals surface area contributed by atoms with E-state index in [1.165, 1.54) is 0 Å². The van der Waals surface area contributed by atoms with Gasteiger partial charge in [0.05, 0.1) is 17.7 Å². The molecule has 12 heteroatoms. The van der Waals surface area contributed by atoms with E-state index in [-0.39, 0.29) is 17.8 Å². The molecular formula is C19H26FN4O7-. The van der Waals surface area contributed by atoms with E-state index in [4.69, 9.17) is 14.2 Å². The van der Waals surface area contributed by atoms with Crippen molar-refractivity contribution in [2.45, 2.75) is 59.7 Å². The molecule has 1 aromatic carbocycles. The molecule has 2 rings (SSSR count). The molecule has 31 heavy (non-hydrogen) atoms. The lowest BCUT2D eigenvalue weighted by Gasteiger charge is -2.25. The molecule has 0 fully saturated rings. The van der Waals surface area contributed by atoms with Crippen LogP contribution in [-0.4, -0.2) is 45.0 Å². The van der Waals surface area contributed by atoms with Gasteiger partial charge in [0.25, 0.3) is 0 Å². The molecule has 0 radical (unpaired) electrons. The number of halogens is 1. The largest absolute Gasteiger partial charge is 0.733 e. The van der Waals surface area contributed by atoms with Gasteiger partial charge in [-0.25, -0.2) is 14.0 Å². The average molecular weight is 441 g/mol. The number of carbonyl (C=O) groups is 2. The SMILES string of the molecule is CCOc1c(N([O-])O)cc2c(NC(=O)OC(C)(C)C)nn(C(=O)OC(C)(C)C)c2c1F. The molecule has 0 bridgehead atoms. The third kappa shape index (κ3) is 5.73. The molecule has 1 aromatic heterocycles. The van der Waals surface area contributed by atoms with Gasteiger partial charge in [-0.3, -0.25) is 10.5 Å². The quantitative estimate of drug-likeness (QED) is 0.661. The van der Waals surface area contributed by atoms with E-state index in [1.54, 1.807) is 48.5 Å². The van der Waals surface area contributed by atoms with Crippen molar-refractivity contribution in [1.29, 1.82) is 0 Å². The molecule has 2 aromatic rings. The highest BCUT2D eigenvalue weighted by molar-refractivity contribution is 6.03. The zero-order valence-electron chi connectivity index (χ0n) is 18.4. The van der Waals surface area contributed by atoms with Crippen molar-refractivity contribution in [2.24, 2.45) is 0 Å². The zero-order chi connectivity index (χ0) is 23.7. The summed E-state index contributed by atoms with van der Waals surface area (Å²) >= 11 is 0. The van der Waals surface area contributed by atoms with Gasteiger partial charge in [-0.15, -0.1) is 5.10 Å². The molecule has 0 unspecified atom stereocenters. The van der Waals surface area contributed by atoms with E-state index in [9.17, 15) is 20.0 Å². The number of ether oxygens (including phenoxy) is 3. The predicted molar refractivity (Wildman–Crippen MR) is 110 cm³/mol. The van der Waals surface area contributed by atoms with Crippen LogP contribution >= 0.6 is 0 Å². The van der Waals surface area contributed by atoms with Crippen LogP contribution in [-0.2, 0) is 9.47 Å². The summed E-state index contributed by atoms with van der Waals surface area (Å²) in [7, 11) is 0. The topological polar surface area (TPSA) is 138 Å². The molecule has 0 atom stereocenters. The van der Waals surface area contributed by atoms with Crippen LogP contribution in [0, 0.1) is 11.0 Å². The van der Waals surface area contributed by atoms with E-state index in [2.05, 4.69) is 10.4 Å². The lowest BCUT2D eigenvalue weighted by molar-refractivity contribution is 0.0519. The van der Waals surface area contributed by atoms with Crippen LogP contribution in [0.3, 0.4) is 0 Å². The first kappa shape index (κ1) is 24.2. The minimum absolute atomic E-state index is 0.0349. The smallest absolute Gasteiger partial charge is 0.435 e. The van der Waals surface area contributed by atoms with E-state index in [1.807, 2.05) is 0 Å². The first-order chi connectivity index (χ1) is 14.1. The fourth-order valence-electron chi connectivity index (χ4n) is 2.55. The molecule has 0 aliphatic rings. The molecule has 0 saturated carbocycles. The summed E-state index contributed by atoms with van der Waals surface area (Å²) in [5.41, 5.74) is -2.77. The molecule has 11 nitrogen and oxygen atoms in total. The summed E-state index contributed by atoms with van der Waals surface area (Å²) in [6.45, 7) is 11.2. The van der Waals surface area contributed by atoms with Gasteiger partial charge in [0.1, 0.15) is 16.7 Å². The Morgan fingerprint density at radius 2 is 1.81 bits per heavy atom. The summed E-state index contributed by atoms with van der Waals surface area (Å²) in [5.74, 6) is -2.04. The van der Waals surface area contributed by atoms with Gasteiger partial charge in [0.2, 0.25) is 0 Å². The molecule has 0 aliphatic heterocycles. The van der Waals surface area contributed by atoms with Crippen molar-refractivity contribution < 1.29 is 33.4 Å². The van der Waals surface area contributed by atoms with E-state index in [0.29, 0.717) is 4.68 Å². The second-order valence-electron chi connectivity index (χ2n) is 8.51. The maximum absolute atomic E-state index is 15.3. The minimum Gasteiger partial charge on any atom is -0.733 e. The van der Waals surface area contributed by atoms with Crippen LogP contribution in [0.1, 0.15) is 48.5 Å². The number of hydrogen-bond acceptors (Lipinski definition) is 9. The van der Waals surface area contributed by atoms with E-state index < -0.39 is 51.4 Å². The molecule has 0 aliphatic carbocycles. The summed E-state index contributed by atoms with van der Waals surface area (Å²) < 4.78 is 31.5. The van der Waals surface area contributed by atoms with Crippen LogP contribution in [0.15, 0.2) is 6.07 Å². The normalized spacial score (nSPS) is 11.9. The van der Waals surface area contributed by atoms with Gasteiger partial charge < -0.3 is 24.6 Å². The third-order valence-electron chi connectivity index (χ3n) is 3.52. The monoisotopic (exact) mass is 441 g/mol. The highest BCUT2D eigenvalue weighted by Gasteiger charge is 2.29. The van der Waals surface area contributed by atoms with Crippen molar-refractivity contribution >= 4 is 34.6 Å². The van der Waals surface area contributed by atoms with Crippen molar-refractivity contribution in [1.82, 2.24) is 9.78 Å². The van der Waals surface area contributed by atoms with Crippen molar-refractivity contribution in [3.63, 3.8) is 0 Å². The Bertz CT molecular complexity index is 990. The number of aromatic nitrogens is 2. The number of rotatable bonds is 4. The van der Waals surface area contributed by atoms with Gasteiger partial charge >= 0.3 is 12.2 Å². The van der Waals surface area contributed by atoms with Gasteiger partial charge in [0, 0.05) is 0 Å². The van der Waals surface area contributed by atoms with Gasteiger partial charge in [-0.2, -0.15) is 4.68 Å². The molecule has 1 heterocycles. The maximum atomic E-state index is 15.3. The summed E-state index contributed by atoms with van der Waals surface area (Å²) in [6.07, 6.45) is -1.96. The number of amides is 1. The second kappa shape index (κ2) is 8.55. The first-order valence-electron chi connectivity index (χ1n) is 9.42. The average Bonchev–Trinajstić information content (AvgIpc) is 2.92. The molecule has 1 amide bonds. The number of anilines is 2.